The van der Waals surface area contributed by atoms with E-state index in [1.165, 1.54) is 0 Å². The maximum Gasteiger partial charge on any atom is 0.407 e. The monoisotopic (exact) mass is 309 g/mol. The smallest absolute Gasteiger partial charge is 0.407 e. The molecule has 1 atom stereocenters. The quantitative estimate of drug-likeness (QED) is 0.813. The highest BCUT2D eigenvalue weighted by molar-refractivity contribution is 5.67. The van der Waals surface area contributed by atoms with E-state index in [0.717, 1.165) is 13.1 Å². The second-order valence-electron chi connectivity index (χ2n) is 4.97. The summed E-state index contributed by atoms with van der Waals surface area (Å²) in [5, 5.41) is 5.87. The van der Waals surface area contributed by atoms with Gasteiger partial charge in [0.15, 0.2) is 11.5 Å². The number of aromatic nitrogens is 1. The first-order chi connectivity index (χ1) is 10.8. The molecule has 1 saturated heterocycles. The van der Waals surface area contributed by atoms with E-state index in [-0.39, 0.29) is 12.7 Å². The van der Waals surface area contributed by atoms with Crippen LogP contribution in [0.1, 0.15) is 5.69 Å². The summed E-state index contributed by atoms with van der Waals surface area (Å²) in [5.41, 5.74) is 0.606. The fraction of sp³-hybridized carbons (Fsp3) is 0.571. The third-order valence-electron chi connectivity index (χ3n) is 3.32. The summed E-state index contributed by atoms with van der Waals surface area (Å²) < 4.78 is 21.4. The summed E-state index contributed by atoms with van der Waals surface area (Å²) in [6.45, 7) is 3.74. The molecule has 8 heteroatoms. The molecule has 8 nitrogen and oxygen atoms in total. The standard InChI is InChI=1S/C14H19N3O5/c18-14(17-7-11-6-15-1-2-19-11)22-9-10-5-12-13(8-16-10)21-4-3-20-12/h5,8,11,15H,1-4,6-7,9H2,(H,17,18). The molecule has 22 heavy (non-hydrogen) atoms. The molecule has 0 bridgehead atoms. The van der Waals surface area contributed by atoms with Crippen molar-refractivity contribution in [1.82, 2.24) is 15.6 Å². The van der Waals surface area contributed by atoms with Crippen LogP contribution < -0.4 is 20.1 Å². The van der Waals surface area contributed by atoms with Crippen LogP contribution >= 0.6 is 0 Å². The SMILES string of the molecule is O=C(NCC1CNCCO1)OCc1cc2c(cn1)OCCO2. The second-order valence-corrected chi connectivity index (χ2v) is 4.97. The van der Waals surface area contributed by atoms with Gasteiger partial charge in [-0.2, -0.15) is 0 Å². The third-order valence-corrected chi connectivity index (χ3v) is 3.32. The number of carbonyl (C=O) groups excluding carboxylic acids is 1. The van der Waals surface area contributed by atoms with Gasteiger partial charge in [-0.05, 0) is 0 Å². The summed E-state index contributed by atoms with van der Waals surface area (Å²) in [7, 11) is 0. The molecule has 0 saturated carbocycles. The Bertz CT molecular complexity index is 519. The van der Waals surface area contributed by atoms with E-state index < -0.39 is 6.09 Å². The molecule has 1 amide bonds. The molecule has 2 aliphatic heterocycles. The maximum absolute atomic E-state index is 11.7. The van der Waals surface area contributed by atoms with E-state index in [2.05, 4.69) is 15.6 Å². The Hall–Kier alpha value is -2.06. The van der Waals surface area contributed by atoms with Gasteiger partial charge >= 0.3 is 6.09 Å². The average molecular weight is 309 g/mol. The van der Waals surface area contributed by atoms with Crippen LogP contribution in [0.15, 0.2) is 12.3 Å². The number of alkyl carbamates (subject to hydrolysis) is 1. The zero-order chi connectivity index (χ0) is 15.2. The summed E-state index contributed by atoms with van der Waals surface area (Å²) >= 11 is 0. The highest BCUT2D eigenvalue weighted by Gasteiger charge is 2.16. The Morgan fingerprint density at radius 1 is 1.36 bits per heavy atom. The number of nitrogens with one attached hydrogen (secondary N) is 2. The molecule has 1 aromatic heterocycles. The molecular weight excluding hydrogens is 290 g/mol. The van der Waals surface area contributed by atoms with Crippen LogP contribution in [0.4, 0.5) is 4.79 Å². The van der Waals surface area contributed by atoms with Crippen LogP contribution in [-0.2, 0) is 16.1 Å². The lowest BCUT2D eigenvalue weighted by Crippen LogP contribution is -2.45. The lowest BCUT2D eigenvalue weighted by Gasteiger charge is -2.23. The zero-order valence-electron chi connectivity index (χ0n) is 12.2. The topological polar surface area (TPSA) is 90.9 Å². The van der Waals surface area contributed by atoms with Gasteiger partial charge < -0.3 is 29.6 Å². The molecule has 1 fully saturated rings. The van der Waals surface area contributed by atoms with Crippen molar-refractivity contribution in [1.29, 1.82) is 0 Å². The van der Waals surface area contributed by atoms with Crippen LogP contribution in [-0.4, -0.2) is 56.6 Å². The van der Waals surface area contributed by atoms with Gasteiger partial charge in [-0.3, -0.25) is 4.98 Å². The molecule has 0 radical (unpaired) electrons. The lowest BCUT2D eigenvalue weighted by molar-refractivity contribution is 0.0281. The van der Waals surface area contributed by atoms with Crippen LogP contribution in [0, 0.1) is 0 Å². The van der Waals surface area contributed by atoms with E-state index in [1.807, 2.05) is 0 Å². The molecule has 1 aromatic rings. The van der Waals surface area contributed by atoms with E-state index >= 15 is 0 Å². The van der Waals surface area contributed by atoms with Crippen molar-refractivity contribution in [3.63, 3.8) is 0 Å². The average Bonchev–Trinajstić information content (AvgIpc) is 2.59. The van der Waals surface area contributed by atoms with Crippen LogP contribution in [0.25, 0.3) is 0 Å². The summed E-state index contributed by atoms with van der Waals surface area (Å²) in [4.78, 5) is 15.8. The minimum atomic E-state index is -0.495. The predicted molar refractivity (Wildman–Crippen MR) is 76.0 cm³/mol. The summed E-state index contributed by atoms with van der Waals surface area (Å²) in [6, 6.07) is 1.72. The van der Waals surface area contributed by atoms with Crippen LogP contribution in [0.5, 0.6) is 11.5 Å². The number of fused-ring (bicyclic) bond motifs is 1. The first kappa shape index (κ1) is 14.9. The van der Waals surface area contributed by atoms with Gasteiger partial charge in [0.05, 0.1) is 24.6 Å². The number of hydrogen-bond acceptors (Lipinski definition) is 7. The minimum absolute atomic E-state index is 0.0197. The first-order valence-electron chi connectivity index (χ1n) is 7.29. The van der Waals surface area contributed by atoms with Gasteiger partial charge in [-0.25, -0.2) is 4.79 Å². The predicted octanol–water partition coefficient (Wildman–Crippen LogP) is 0.0674. The Morgan fingerprint density at radius 3 is 3.05 bits per heavy atom. The molecule has 0 aromatic carbocycles. The number of morpholine rings is 1. The number of carbonyl (C=O) groups is 1. The number of pyridine rings is 1. The number of amides is 1. The van der Waals surface area contributed by atoms with Crippen molar-refractivity contribution in [2.75, 3.05) is 39.5 Å². The number of ether oxygens (including phenoxy) is 4. The number of hydrogen-bond donors (Lipinski definition) is 2. The van der Waals surface area contributed by atoms with Gasteiger partial charge in [0, 0.05) is 25.7 Å². The van der Waals surface area contributed by atoms with Gasteiger partial charge in [0.1, 0.15) is 19.8 Å². The Labute approximate surface area is 128 Å². The highest BCUT2D eigenvalue weighted by atomic mass is 16.6. The fourth-order valence-corrected chi connectivity index (χ4v) is 2.21. The Balaban J connectivity index is 1.42. The minimum Gasteiger partial charge on any atom is -0.486 e. The molecule has 3 rings (SSSR count). The maximum atomic E-state index is 11.7. The van der Waals surface area contributed by atoms with E-state index in [4.69, 9.17) is 18.9 Å². The normalized spacial score (nSPS) is 20.3. The first-order valence-corrected chi connectivity index (χ1v) is 7.29. The van der Waals surface area contributed by atoms with Gasteiger partial charge in [0.25, 0.3) is 0 Å². The number of nitrogens with zero attached hydrogens (tertiary/aromatic N) is 1. The molecule has 0 aliphatic carbocycles. The Kier molecular flexibility index (Phi) is 4.92. The molecule has 120 valence electrons. The van der Waals surface area contributed by atoms with Crippen LogP contribution in [0.2, 0.25) is 0 Å². The largest absolute Gasteiger partial charge is 0.486 e. The third kappa shape index (κ3) is 3.99. The molecule has 2 aliphatic rings. The molecule has 2 N–H and O–H groups in total. The van der Waals surface area contributed by atoms with Crippen LogP contribution in [0.3, 0.4) is 0 Å². The van der Waals surface area contributed by atoms with Crippen molar-refractivity contribution in [2.24, 2.45) is 0 Å². The van der Waals surface area contributed by atoms with E-state index in [1.54, 1.807) is 12.3 Å². The summed E-state index contributed by atoms with van der Waals surface area (Å²) in [6.07, 6.45) is 1.06. The number of rotatable bonds is 4. The van der Waals surface area contributed by atoms with Crippen molar-refractivity contribution in [3.05, 3.63) is 18.0 Å². The Morgan fingerprint density at radius 2 is 2.23 bits per heavy atom. The van der Waals surface area contributed by atoms with Crippen molar-refractivity contribution in [2.45, 2.75) is 12.7 Å². The van der Waals surface area contributed by atoms with E-state index in [9.17, 15) is 4.79 Å². The lowest BCUT2D eigenvalue weighted by atomic mass is 10.3. The summed E-state index contributed by atoms with van der Waals surface area (Å²) in [5.74, 6) is 1.24. The molecule has 0 spiro atoms. The van der Waals surface area contributed by atoms with Crippen molar-refractivity contribution >= 4 is 6.09 Å². The highest BCUT2D eigenvalue weighted by Crippen LogP contribution is 2.29. The van der Waals surface area contributed by atoms with Gasteiger partial charge in [-0.1, -0.05) is 0 Å². The zero-order valence-corrected chi connectivity index (χ0v) is 12.2. The van der Waals surface area contributed by atoms with E-state index in [0.29, 0.717) is 43.6 Å². The molecule has 3 heterocycles. The van der Waals surface area contributed by atoms with Gasteiger partial charge in [0.2, 0.25) is 0 Å². The van der Waals surface area contributed by atoms with Crippen molar-refractivity contribution < 1.29 is 23.7 Å². The molecular formula is C14H19N3O5. The van der Waals surface area contributed by atoms with Crippen molar-refractivity contribution in [3.8, 4) is 11.5 Å². The molecule has 1 unspecified atom stereocenters. The van der Waals surface area contributed by atoms with Gasteiger partial charge in [-0.15, -0.1) is 0 Å². The fourth-order valence-electron chi connectivity index (χ4n) is 2.21. The second kappa shape index (κ2) is 7.28.